The molecule has 0 aliphatic rings. The highest BCUT2D eigenvalue weighted by molar-refractivity contribution is 7.99. The minimum Gasteiger partial charge on any atom is -0.481 e. The van der Waals surface area contributed by atoms with E-state index in [0.717, 1.165) is 23.4 Å². The van der Waals surface area contributed by atoms with E-state index in [1.165, 1.54) is 11.8 Å². The monoisotopic (exact) mass is 298 g/mol. The van der Waals surface area contributed by atoms with Gasteiger partial charge in [-0.05, 0) is 13.8 Å². The molecule has 20 heavy (non-hydrogen) atoms. The molecule has 0 radical (unpaired) electrons. The molecule has 0 aromatic carbocycles. The van der Waals surface area contributed by atoms with Gasteiger partial charge in [0.1, 0.15) is 5.52 Å². The topological polar surface area (TPSA) is 82.2 Å². The first-order chi connectivity index (χ1) is 9.58. The minimum atomic E-state index is -0.853. The van der Waals surface area contributed by atoms with Gasteiger partial charge in [-0.2, -0.15) is 5.10 Å². The first-order valence-corrected chi connectivity index (χ1v) is 7.34. The number of nitrogens with zero attached hydrogens (tertiary/aromatic N) is 4. The van der Waals surface area contributed by atoms with Crippen LogP contribution in [0, 0.1) is 6.92 Å². The van der Waals surface area contributed by atoms with E-state index in [1.54, 1.807) is 7.11 Å². The number of hydrogen-bond donors (Lipinski definition) is 1. The van der Waals surface area contributed by atoms with E-state index in [4.69, 9.17) is 9.84 Å². The third kappa shape index (κ3) is 2.80. The number of methoxy groups -OCH3 is 1. The number of aromatic nitrogens is 4. The van der Waals surface area contributed by atoms with Gasteiger partial charge in [-0.25, -0.2) is 9.67 Å². The fraction of sp³-hybridized carbons (Fsp3) is 0.583. The zero-order valence-corrected chi connectivity index (χ0v) is 12.6. The Morgan fingerprint density at radius 3 is 2.85 bits per heavy atom. The summed E-state index contributed by atoms with van der Waals surface area (Å²) in [4.78, 5) is 15.3. The summed E-state index contributed by atoms with van der Waals surface area (Å²) < 4.78 is 8.99. The summed E-state index contributed by atoms with van der Waals surface area (Å²) in [6.45, 7) is 5.84. The van der Waals surface area contributed by atoms with Crippen LogP contribution >= 0.6 is 11.8 Å². The zero-order chi connectivity index (χ0) is 14.7. The standard InChI is InChI=1S/C12H18N4O3S/c1-4-16-11-10(8(2)14-16)13-12(20-7-9(17)18)15(11)5-6-19-3/h4-7H2,1-3H3,(H,17,18). The molecular weight excluding hydrogens is 280 g/mol. The third-order valence-corrected chi connectivity index (χ3v) is 3.87. The number of carboxylic acid groups (broad SMARTS) is 1. The Morgan fingerprint density at radius 2 is 2.25 bits per heavy atom. The minimum absolute atomic E-state index is 0.00874. The van der Waals surface area contributed by atoms with Crippen molar-refractivity contribution >= 4 is 28.9 Å². The van der Waals surface area contributed by atoms with Gasteiger partial charge in [-0.15, -0.1) is 0 Å². The first kappa shape index (κ1) is 14.9. The van der Waals surface area contributed by atoms with Gasteiger partial charge in [0, 0.05) is 13.7 Å². The maximum absolute atomic E-state index is 10.7. The third-order valence-electron chi connectivity index (χ3n) is 2.91. The normalized spacial score (nSPS) is 11.3. The molecular formula is C12H18N4O3S. The Labute approximate surface area is 120 Å². The predicted octanol–water partition coefficient (Wildman–Crippen LogP) is 1.38. The zero-order valence-electron chi connectivity index (χ0n) is 11.8. The molecule has 0 saturated heterocycles. The van der Waals surface area contributed by atoms with Crippen molar-refractivity contribution in [2.24, 2.45) is 0 Å². The summed E-state index contributed by atoms with van der Waals surface area (Å²) >= 11 is 1.22. The van der Waals surface area contributed by atoms with Crippen LogP contribution in [-0.2, 0) is 22.6 Å². The van der Waals surface area contributed by atoms with Crippen molar-refractivity contribution in [1.82, 2.24) is 19.3 Å². The van der Waals surface area contributed by atoms with E-state index in [9.17, 15) is 4.79 Å². The summed E-state index contributed by atoms with van der Waals surface area (Å²) in [5, 5.41) is 14.0. The largest absolute Gasteiger partial charge is 0.481 e. The van der Waals surface area contributed by atoms with Crippen molar-refractivity contribution in [3.05, 3.63) is 5.69 Å². The van der Waals surface area contributed by atoms with Crippen molar-refractivity contribution in [2.75, 3.05) is 19.5 Å². The van der Waals surface area contributed by atoms with Crippen LogP contribution in [0.25, 0.3) is 11.2 Å². The molecule has 1 N–H and O–H groups in total. The maximum Gasteiger partial charge on any atom is 0.313 e. The fourth-order valence-corrected chi connectivity index (χ4v) is 2.79. The molecule has 7 nitrogen and oxygen atoms in total. The number of rotatable bonds is 7. The van der Waals surface area contributed by atoms with E-state index in [1.807, 2.05) is 23.1 Å². The lowest BCUT2D eigenvalue weighted by Gasteiger charge is -2.08. The van der Waals surface area contributed by atoms with E-state index < -0.39 is 5.97 Å². The second-order valence-electron chi connectivity index (χ2n) is 4.29. The molecule has 0 aliphatic carbocycles. The van der Waals surface area contributed by atoms with Crippen LogP contribution in [0.3, 0.4) is 0 Å². The Morgan fingerprint density at radius 1 is 1.50 bits per heavy atom. The molecule has 0 spiro atoms. The predicted molar refractivity (Wildman–Crippen MR) is 76.2 cm³/mol. The molecule has 0 bridgehead atoms. The van der Waals surface area contributed by atoms with Gasteiger partial charge in [-0.1, -0.05) is 11.8 Å². The van der Waals surface area contributed by atoms with Gasteiger partial charge in [0.25, 0.3) is 0 Å². The van der Waals surface area contributed by atoms with E-state index in [0.29, 0.717) is 18.3 Å². The van der Waals surface area contributed by atoms with E-state index in [2.05, 4.69) is 10.1 Å². The second-order valence-corrected chi connectivity index (χ2v) is 5.24. The van der Waals surface area contributed by atoms with Crippen molar-refractivity contribution in [3.8, 4) is 0 Å². The van der Waals surface area contributed by atoms with E-state index in [-0.39, 0.29) is 5.75 Å². The van der Waals surface area contributed by atoms with Gasteiger partial charge >= 0.3 is 5.97 Å². The number of aliphatic carboxylic acids is 1. The van der Waals surface area contributed by atoms with Gasteiger partial charge < -0.3 is 14.4 Å². The average molecular weight is 298 g/mol. The highest BCUT2D eigenvalue weighted by atomic mass is 32.2. The van der Waals surface area contributed by atoms with Gasteiger partial charge in [-0.3, -0.25) is 4.79 Å². The Bertz CT molecular complexity index is 620. The van der Waals surface area contributed by atoms with Crippen molar-refractivity contribution in [3.63, 3.8) is 0 Å². The van der Waals surface area contributed by atoms with Crippen LogP contribution in [0.15, 0.2) is 5.16 Å². The molecule has 8 heteroatoms. The summed E-state index contributed by atoms with van der Waals surface area (Å²) in [6.07, 6.45) is 0. The molecule has 0 amide bonds. The highest BCUT2D eigenvalue weighted by Crippen LogP contribution is 2.26. The van der Waals surface area contributed by atoms with Crippen LogP contribution in [0.2, 0.25) is 0 Å². The first-order valence-electron chi connectivity index (χ1n) is 6.35. The van der Waals surface area contributed by atoms with Crippen molar-refractivity contribution in [2.45, 2.75) is 32.1 Å². The number of thioether (sulfide) groups is 1. The number of imidazole rings is 1. The molecule has 2 aromatic rings. The van der Waals surface area contributed by atoms with Crippen molar-refractivity contribution in [1.29, 1.82) is 0 Å². The molecule has 2 aromatic heterocycles. The van der Waals surface area contributed by atoms with Crippen LogP contribution in [0.5, 0.6) is 0 Å². The lowest BCUT2D eigenvalue weighted by Crippen LogP contribution is -2.10. The molecule has 2 rings (SSSR count). The van der Waals surface area contributed by atoms with E-state index >= 15 is 0 Å². The van der Waals surface area contributed by atoms with Crippen LogP contribution < -0.4 is 0 Å². The van der Waals surface area contributed by atoms with Crippen LogP contribution in [0.4, 0.5) is 0 Å². The molecule has 2 heterocycles. The van der Waals surface area contributed by atoms with Crippen molar-refractivity contribution < 1.29 is 14.6 Å². The number of carboxylic acids is 1. The summed E-state index contributed by atoms with van der Waals surface area (Å²) in [5.41, 5.74) is 2.61. The average Bonchev–Trinajstić information content (AvgIpc) is 2.92. The highest BCUT2D eigenvalue weighted by Gasteiger charge is 2.18. The molecule has 0 unspecified atom stereocenters. The second kappa shape index (κ2) is 6.27. The Hall–Kier alpha value is -1.54. The van der Waals surface area contributed by atoms with Crippen LogP contribution in [-0.4, -0.2) is 49.9 Å². The van der Waals surface area contributed by atoms with Gasteiger partial charge in [0.2, 0.25) is 0 Å². The Kier molecular flexibility index (Phi) is 4.66. The lowest BCUT2D eigenvalue weighted by atomic mass is 10.4. The summed E-state index contributed by atoms with van der Waals surface area (Å²) in [6, 6.07) is 0. The van der Waals surface area contributed by atoms with Gasteiger partial charge in [0.05, 0.1) is 24.6 Å². The Balaban J connectivity index is 2.46. The van der Waals surface area contributed by atoms with Crippen LogP contribution in [0.1, 0.15) is 12.6 Å². The van der Waals surface area contributed by atoms with Gasteiger partial charge in [0.15, 0.2) is 10.8 Å². The maximum atomic E-state index is 10.7. The smallest absolute Gasteiger partial charge is 0.313 e. The fourth-order valence-electron chi connectivity index (χ4n) is 2.05. The molecule has 0 saturated carbocycles. The summed E-state index contributed by atoms with van der Waals surface area (Å²) in [7, 11) is 1.64. The number of ether oxygens (including phenoxy) is 1. The molecule has 0 aliphatic heterocycles. The summed E-state index contributed by atoms with van der Waals surface area (Å²) in [5.74, 6) is -0.861. The number of hydrogen-bond acceptors (Lipinski definition) is 5. The molecule has 0 atom stereocenters. The SMILES string of the molecule is CCn1nc(C)c2nc(SCC(=O)O)n(CCOC)c21. The number of aryl methyl sites for hydroxylation is 2. The number of fused-ring (bicyclic) bond motifs is 1. The molecule has 110 valence electrons. The molecule has 0 fully saturated rings. The lowest BCUT2D eigenvalue weighted by molar-refractivity contribution is -0.133. The quantitative estimate of drug-likeness (QED) is 0.778. The number of carbonyl (C=O) groups is 1.